The Hall–Kier alpha value is -3.33. The fourth-order valence-electron chi connectivity index (χ4n) is 4.25. The van der Waals surface area contributed by atoms with E-state index >= 15 is 0 Å². The molecule has 0 radical (unpaired) electrons. The number of aromatic nitrogens is 1. The summed E-state index contributed by atoms with van der Waals surface area (Å²) in [6.07, 6.45) is 4.74. The number of methoxy groups -OCH3 is 1. The van der Waals surface area contributed by atoms with Crippen molar-refractivity contribution in [1.29, 1.82) is 0 Å². The number of amides is 1. The van der Waals surface area contributed by atoms with E-state index in [-0.39, 0.29) is 18.0 Å². The minimum Gasteiger partial charge on any atom is -0.481 e. The van der Waals surface area contributed by atoms with Crippen LogP contribution < -0.4 is 20.1 Å². The molecule has 1 aliphatic carbocycles. The molecular weight excluding hydrogens is 440 g/mol. The standard InChI is InChI=1S/C24H28N4O4S/c1-32-23-15-22(20-11-3-4-12-21(20)27-23)25-17-8-6-9-18(14-17)26-24(29)16-7-5-10-19(13-16)28-33(2,30)31/h3-5,7,10-13,15,17-18,28H,6,8-9,14H2,1-2H3,(H,25,27)(H,26,29)/t17-,18+/m0/s1. The number of anilines is 2. The van der Waals surface area contributed by atoms with Gasteiger partial charge in [0.05, 0.1) is 18.9 Å². The van der Waals surface area contributed by atoms with E-state index in [0.717, 1.165) is 48.5 Å². The molecule has 1 heterocycles. The van der Waals surface area contributed by atoms with Crippen LogP contribution >= 0.6 is 0 Å². The third kappa shape index (κ3) is 5.92. The Bertz CT molecular complexity index is 1260. The van der Waals surface area contributed by atoms with Gasteiger partial charge in [-0.05, 0) is 49.9 Å². The van der Waals surface area contributed by atoms with Crippen LogP contribution in [0.25, 0.3) is 10.9 Å². The Balaban J connectivity index is 1.44. The first-order valence-corrected chi connectivity index (χ1v) is 12.8. The average molecular weight is 469 g/mol. The van der Waals surface area contributed by atoms with E-state index in [1.54, 1.807) is 31.4 Å². The summed E-state index contributed by atoms with van der Waals surface area (Å²) < 4.78 is 30.7. The molecule has 2 atom stereocenters. The van der Waals surface area contributed by atoms with E-state index in [2.05, 4.69) is 20.3 Å². The first-order valence-electron chi connectivity index (χ1n) is 10.9. The Morgan fingerprint density at radius 3 is 2.64 bits per heavy atom. The van der Waals surface area contributed by atoms with Crippen LogP contribution in [0.5, 0.6) is 5.88 Å². The lowest BCUT2D eigenvalue weighted by Crippen LogP contribution is -2.41. The van der Waals surface area contributed by atoms with Crippen molar-refractivity contribution in [3.63, 3.8) is 0 Å². The van der Waals surface area contributed by atoms with E-state index in [9.17, 15) is 13.2 Å². The fourth-order valence-corrected chi connectivity index (χ4v) is 4.81. The molecule has 1 aliphatic rings. The Morgan fingerprint density at radius 1 is 1.06 bits per heavy atom. The largest absolute Gasteiger partial charge is 0.481 e. The molecule has 1 fully saturated rings. The summed E-state index contributed by atoms with van der Waals surface area (Å²) in [5, 5.41) is 7.76. The zero-order chi connectivity index (χ0) is 23.4. The summed E-state index contributed by atoms with van der Waals surface area (Å²) in [6, 6.07) is 16.5. The molecule has 0 spiro atoms. The smallest absolute Gasteiger partial charge is 0.251 e. The number of para-hydroxylation sites is 1. The molecule has 1 aromatic heterocycles. The van der Waals surface area contributed by atoms with Crippen LogP contribution in [0.4, 0.5) is 11.4 Å². The molecule has 0 aliphatic heterocycles. The maximum Gasteiger partial charge on any atom is 0.251 e. The number of hydrogen-bond acceptors (Lipinski definition) is 6. The maximum atomic E-state index is 12.8. The molecule has 3 N–H and O–H groups in total. The summed E-state index contributed by atoms with van der Waals surface area (Å²) in [5.41, 5.74) is 2.62. The van der Waals surface area contributed by atoms with Crippen molar-refractivity contribution in [2.45, 2.75) is 37.8 Å². The van der Waals surface area contributed by atoms with E-state index in [1.807, 2.05) is 30.3 Å². The Morgan fingerprint density at radius 2 is 1.85 bits per heavy atom. The van der Waals surface area contributed by atoms with Crippen molar-refractivity contribution in [2.24, 2.45) is 0 Å². The van der Waals surface area contributed by atoms with Crippen molar-refractivity contribution >= 4 is 38.2 Å². The number of sulfonamides is 1. The van der Waals surface area contributed by atoms with Gasteiger partial charge >= 0.3 is 0 Å². The van der Waals surface area contributed by atoms with Crippen molar-refractivity contribution in [1.82, 2.24) is 10.3 Å². The highest BCUT2D eigenvalue weighted by Gasteiger charge is 2.24. The molecule has 174 valence electrons. The molecule has 9 heteroatoms. The summed E-state index contributed by atoms with van der Waals surface area (Å²) in [6.45, 7) is 0. The first-order chi connectivity index (χ1) is 15.8. The molecule has 0 bridgehead atoms. The molecule has 0 saturated heterocycles. The van der Waals surface area contributed by atoms with Gasteiger partial charge in [0.2, 0.25) is 15.9 Å². The number of carbonyl (C=O) groups is 1. The fraction of sp³-hybridized carbons (Fsp3) is 0.333. The lowest BCUT2D eigenvalue weighted by molar-refractivity contribution is 0.0926. The molecule has 8 nitrogen and oxygen atoms in total. The van der Waals surface area contributed by atoms with Crippen LogP contribution in [-0.2, 0) is 10.0 Å². The molecule has 1 amide bonds. The van der Waals surface area contributed by atoms with Crippen LogP contribution in [-0.4, -0.2) is 44.8 Å². The molecular formula is C24H28N4O4S. The van der Waals surface area contributed by atoms with E-state index in [0.29, 0.717) is 17.1 Å². The summed E-state index contributed by atoms with van der Waals surface area (Å²) >= 11 is 0. The van der Waals surface area contributed by atoms with Crippen molar-refractivity contribution in [3.8, 4) is 5.88 Å². The number of nitrogens with one attached hydrogen (secondary N) is 3. The SMILES string of the molecule is COc1cc(N[C@H]2CCC[C@@H](NC(=O)c3cccc(NS(C)(=O)=O)c3)C2)c2ccccc2n1. The van der Waals surface area contributed by atoms with Crippen LogP contribution in [0.3, 0.4) is 0 Å². The second-order valence-corrected chi connectivity index (χ2v) is 10.1. The third-order valence-corrected chi connectivity index (χ3v) is 6.31. The van der Waals surface area contributed by atoms with Gasteiger partial charge in [-0.3, -0.25) is 9.52 Å². The zero-order valence-electron chi connectivity index (χ0n) is 18.7. The molecule has 0 unspecified atom stereocenters. The number of carbonyl (C=O) groups excluding carboxylic acids is 1. The zero-order valence-corrected chi connectivity index (χ0v) is 19.5. The number of benzene rings is 2. The molecule has 4 rings (SSSR count). The van der Waals surface area contributed by atoms with E-state index in [4.69, 9.17) is 4.74 Å². The van der Waals surface area contributed by atoms with Gasteiger partial charge in [0, 0.05) is 40.5 Å². The van der Waals surface area contributed by atoms with Gasteiger partial charge < -0.3 is 15.4 Å². The van der Waals surface area contributed by atoms with Crippen LogP contribution in [0.15, 0.2) is 54.6 Å². The second kappa shape index (κ2) is 9.66. The van der Waals surface area contributed by atoms with Crippen molar-refractivity contribution < 1.29 is 17.9 Å². The quantitative estimate of drug-likeness (QED) is 0.487. The van der Waals surface area contributed by atoms with Crippen LogP contribution in [0.2, 0.25) is 0 Å². The monoisotopic (exact) mass is 468 g/mol. The summed E-state index contributed by atoms with van der Waals surface area (Å²) in [5.74, 6) is 0.341. The lowest BCUT2D eigenvalue weighted by Gasteiger charge is -2.31. The van der Waals surface area contributed by atoms with Gasteiger partial charge in [-0.2, -0.15) is 0 Å². The molecule has 2 aromatic carbocycles. The summed E-state index contributed by atoms with van der Waals surface area (Å²) in [7, 11) is -1.80. The van der Waals surface area contributed by atoms with Gasteiger partial charge in [0.15, 0.2) is 0 Å². The second-order valence-electron chi connectivity index (χ2n) is 8.36. The number of rotatable bonds is 7. The average Bonchev–Trinajstić information content (AvgIpc) is 2.78. The number of ether oxygens (including phenoxy) is 1. The molecule has 1 saturated carbocycles. The predicted molar refractivity (Wildman–Crippen MR) is 130 cm³/mol. The van der Waals surface area contributed by atoms with Gasteiger partial charge in [0.25, 0.3) is 5.91 Å². The normalized spacial score (nSPS) is 18.5. The van der Waals surface area contributed by atoms with Crippen molar-refractivity contribution in [3.05, 3.63) is 60.2 Å². The number of pyridine rings is 1. The maximum absolute atomic E-state index is 12.8. The third-order valence-electron chi connectivity index (χ3n) is 5.70. The number of hydrogen-bond donors (Lipinski definition) is 3. The predicted octanol–water partition coefficient (Wildman–Crippen LogP) is 3.77. The highest BCUT2D eigenvalue weighted by atomic mass is 32.2. The lowest BCUT2D eigenvalue weighted by atomic mass is 9.90. The minimum absolute atomic E-state index is 0.0188. The highest BCUT2D eigenvalue weighted by molar-refractivity contribution is 7.92. The van der Waals surface area contributed by atoms with Gasteiger partial charge in [0.1, 0.15) is 0 Å². The van der Waals surface area contributed by atoms with Gasteiger partial charge in [-0.1, -0.05) is 24.3 Å². The number of nitrogens with zero attached hydrogens (tertiary/aromatic N) is 1. The van der Waals surface area contributed by atoms with Gasteiger partial charge in [-0.25, -0.2) is 13.4 Å². The molecule has 33 heavy (non-hydrogen) atoms. The molecule has 3 aromatic rings. The van der Waals surface area contributed by atoms with Gasteiger partial charge in [-0.15, -0.1) is 0 Å². The van der Waals surface area contributed by atoms with E-state index < -0.39 is 10.0 Å². The van der Waals surface area contributed by atoms with Crippen LogP contribution in [0, 0.1) is 0 Å². The highest BCUT2D eigenvalue weighted by Crippen LogP contribution is 2.30. The van der Waals surface area contributed by atoms with E-state index in [1.165, 1.54) is 0 Å². The Labute approximate surface area is 193 Å². The topological polar surface area (TPSA) is 109 Å². The minimum atomic E-state index is -3.41. The van der Waals surface area contributed by atoms with Crippen LogP contribution in [0.1, 0.15) is 36.0 Å². The first kappa shape index (κ1) is 22.8. The number of fused-ring (bicyclic) bond motifs is 1. The Kier molecular flexibility index (Phi) is 6.69. The summed E-state index contributed by atoms with van der Waals surface area (Å²) in [4.78, 5) is 17.3. The van der Waals surface area contributed by atoms with Crippen molar-refractivity contribution in [2.75, 3.05) is 23.4 Å².